The number of aromatic nitrogens is 2. The number of phenolic OH excluding ortho intramolecular Hbond substituents is 1. The van der Waals surface area contributed by atoms with E-state index in [1.165, 1.54) is 51.7 Å². The van der Waals surface area contributed by atoms with Crippen molar-refractivity contribution in [3.8, 4) is 11.4 Å². The lowest BCUT2D eigenvalue weighted by atomic mass is 9.98. The maximum Gasteiger partial charge on any atom is 0.341 e. The molecule has 228 valence electrons. The fraction of sp³-hybridized carbons (Fsp3) is 0.407. The van der Waals surface area contributed by atoms with Gasteiger partial charge in [-0.2, -0.15) is 9.40 Å². The van der Waals surface area contributed by atoms with Crippen LogP contribution in [-0.4, -0.2) is 86.1 Å². The minimum absolute atomic E-state index is 0.0122. The molecular weight excluding hydrogens is 586 g/mol. The van der Waals surface area contributed by atoms with E-state index in [2.05, 4.69) is 15.1 Å². The van der Waals surface area contributed by atoms with E-state index < -0.39 is 32.1 Å². The van der Waals surface area contributed by atoms with Crippen molar-refractivity contribution in [1.82, 2.24) is 19.4 Å². The normalized spacial score (nSPS) is 15.8. The van der Waals surface area contributed by atoms with Crippen LogP contribution in [0.25, 0.3) is 5.69 Å². The number of sulfonamides is 2. The highest BCUT2D eigenvalue weighted by molar-refractivity contribution is 7.92. The maximum absolute atomic E-state index is 13.2. The number of nitrogens with zero attached hydrogens (tertiary/aromatic N) is 3. The Morgan fingerprint density at radius 1 is 1.12 bits per heavy atom. The number of aliphatic hydroxyl groups excluding tert-OH is 1. The first-order valence-corrected chi connectivity index (χ1v) is 16.7. The molecule has 0 spiro atoms. The molecule has 0 aliphatic carbocycles. The van der Waals surface area contributed by atoms with Crippen molar-refractivity contribution in [1.29, 1.82) is 0 Å². The predicted octanol–water partition coefficient (Wildman–Crippen LogP) is 1.85. The average molecular weight is 622 g/mol. The number of carbonyl (C=O) groups excluding carboxylic acids is 1. The van der Waals surface area contributed by atoms with Crippen LogP contribution in [-0.2, 0) is 24.8 Å². The average Bonchev–Trinajstić information content (AvgIpc) is 3.45. The Bertz CT molecular complexity index is 1600. The summed E-state index contributed by atoms with van der Waals surface area (Å²) in [5.41, 5.74) is 1.33. The van der Waals surface area contributed by atoms with Gasteiger partial charge in [0.05, 0.1) is 47.0 Å². The largest absolute Gasteiger partial charge is 0.506 e. The van der Waals surface area contributed by atoms with Gasteiger partial charge in [-0.1, -0.05) is 6.07 Å². The highest BCUT2D eigenvalue weighted by Gasteiger charge is 2.29. The van der Waals surface area contributed by atoms with E-state index in [1.54, 1.807) is 19.1 Å². The maximum atomic E-state index is 13.2. The van der Waals surface area contributed by atoms with Crippen molar-refractivity contribution >= 4 is 31.7 Å². The molecule has 4 rings (SSSR count). The van der Waals surface area contributed by atoms with Gasteiger partial charge in [-0.15, -0.1) is 0 Å². The number of phenols is 1. The van der Waals surface area contributed by atoms with Crippen LogP contribution in [0, 0.1) is 5.92 Å². The Morgan fingerprint density at radius 2 is 1.81 bits per heavy atom. The Balaban J connectivity index is 1.27. The summed E-state index contributed by atoms with van der Waals surface area (Å²) < 4.78 is 59.6. The van der Waals surface area contributed by atoms with Gasteiger partial charge in [0.15, 0.2) is 0 Å². The highest BCUT2D eigenvalue weighted by atomic mass is 32.2. The molecular formula is C27H35N5O8S2. The van der Waals surface area contributed by atoms with E-state index in [-0.39, 0.29) is 35.4 Å². The molecule has 0 saturated carbocycles. The molecule has 1 atom stereocenters. The number of aromatic hydroxyl groups is 1. The van der Waals surface area contributed by atoms with Gasteiger partial charge in [0, 0.05) is 25.8 Å². The van der Waals surface area contributed by atoms with E-state index in [4.69, 9.17) is 4.74 Å². The number of aliphatic hydroxyl groups is 1. The van der Waals surface area contributed by atoms with Crippen LogP contribution in [0.1, 0.15) is 41.8 Å². The van der Waals surface area contributed by atoms with Crippen LogP contribution in [0.15, 0.2) is 59.8 Å². The van der Waals surface area contributed by atoms with Crippen LogP contribution in [0.5, 0.6) is 5.75 Å². The van der Waals surface area contributed by atoms with E-state index >= 15 is 0 Å². The monoisotopic (exact) mass is 621 g/mol. The lowest BCUT2D eigenvalue weighted by Gasteiger charge is -2.31. The van der Waals surface area contributed by atoms with Crippen LogP contribution in [0.3, 0.4) is 0 Å². The summed E-state index contributed by atoms with van der Waals surface area (Å²) in [6, 6.07) is 10.5. The first kappa shape index (κ1) is 31.4. The van der Waals surface area contributed by atoms with Crippen LogP contribution in [0.4, 0.5) is 5.69 Å². The number of hydrogen-bond acceptors (Lipinski definition) is 10. The molecule has 15 heteroatoms. The van der Waals surface area contributed by atoms with Gasteiger partial charge in [-0.05, 0) is 74.2 Å². The van der Waals surface area contributed by atoms with Crippen molar-refractivity contribution in [3.63, 3.8) is 0 Å². The van der Waals surface area contributed by atoms with Gasteiger partial charge < -0.3 is 20.3 Å². The van der Waals surface area contributed by atoms with Crippen molar-refractivity contribution in [2.45, 2.75) is 30.8 Å². The second kappa shape index (κ2) is 13.2. The van der Waals surface area contributed by atoms with E-state index in [1.807, 2.05) is 0 Å². The molecule has 1 aromatic heterocycles. The molecule has 1 unspecified atom stereocenters. The van der Waals surface area contributed by atoms with Crippen LogP contribution < -0.4 is 10.0 Å². The minimum atomic E-state index is -3.69. The SMILES string of the molecule is CCOC(=O)c1cnn(-c2ccc(S(=O)(=O)N3CCC(CNCC(O)c4ccc(O)c(NS(C)(=O)=O)c4)CC3)cc2)c1. The summed E-state index contributed by atoms with van der Waals surface area (Å²) in [4.78, 5) is 12.0. The number of piperidine rings is 1. The van der Waals surface area contributed by atoms with Gasteiger partial charge in [0.25, 0.3) is 0 Å². The third kappa shape index (κ3) is 7.86. The second-order valence-electron chi connectivity index (χ2n) is 10.1. The van der Waals surface area contributed by atoms with E-state index in [0.29, 0.717) is 49.3 Å². The fourth-order valence-corrected chi connectivity index (χ4v) is 6.67. The summed E-state index contributed by atoms with van der Waals surface area (Å²) in [5.74, 6) is -0.514. The second-order valence-corrected chi connectivity index (χ2v) is 13.7. The van der Waals surface area contributed by atoms with Crippen molar-refractivity contribution in [2.75, 3.05) is 43.8 Å². The molecule has 1 saturated heterocycles. The zero-order chi connectivity index (χ0) is 30.5. The minimum Gasteiger partial charge on any atom is -0.506 e. The number of ether oxygens (including phenoxy) is 1. The molecule has 1 aliphatic heterocycles. The molecule has 1 fully saturated rings. The van der Waals surface area contributed by atoms with Gasteiger partial charge >= 0.3 is 5.97 Å². The Kier molecular flexibility index (Phi) is 9.89. The molecule has 2 heterocycles. The molecule has 1 aliphatic rings. The summed E-state index contributed by atoms with van der Waals surface area (Å²) in [6.45, 7) is 3.46. The lowest BCUT2D eigenvalue weighted by molar-refractivity contribution is 0.0526. The molecule has 0 bridgehead atoms. The van der Waals surface area contributed by atoms with E-state index in [9.17, 15) is 31.8 Å². The topological polar surface area (TPSA) is 180 Å². The lowest BCUT2D eigenvalue weighted by Crippen LogP contribution is -2.41. The molecule has 4 N–H and O–H groups in total. The molecule has 0 amide bonds. The number of esters is 1. The standard InChI is InChI=1S/C27H35N5O8S2/c1-3-40-27(35)21-16-29-32(18-21)22-5-7-23(8-6-22)42(38,39)31-12-10-19(11-13-31)15-28-17-26(34)20-4-9-25(33)24(14-20)30-41(2,36)37/h4-9,14,16,18-19,26,28,30,33-34H,3,10-13,15,17H2,1-2H3. The first-order valence-electron chi connectivity index (χ1n) is 13.4. The number of anilines is 1. The first-order chi connectivity index (χ1) is 19.9. The van der Waals surface area contributed by atoms with E-state index in [0.717, 1.165) is 6.26 Å². The summed E-state index contributed by atoms with van der Waals surface area (Å²) in [6.07, 6.45) is 4.24. The quantitative estimate of drug-likeness (QED) is 0.172. The van der Waals surface area contributed by atoms with Gasteiger partial charge in [-0.25, -0.2) is 26.3 Å². The fourth-order valence-electron chi connectivity index (χ4n) is 4.64. The smallest absolute Gasteiger partial charge is 0.341 e. The Morgan fingerprint density at radius 3 is 2.45 bits per heavy atom. The molecule has 0 radical (unpaired) electrons. The van der Waals surface area contributed by atoms with Gasteiger partial charge in [0.1, 0.15) is 5.75 Å². The Labute approximate surface area is 245 Å². The van der Waals surface area contributed by atoms with Gasteiger partial charge in [-0.3, -0.25) is 4.72 Å². The number of carbonyl (C=O) groups is 1. The van der Waals surface area contributed by atoms with Gasteiger partial charge in [0.2, 0.25) is 20.0 Å². The third-order valence-corrected chi connectivity index (χ3v) is 9.38. The summed E-state index contributed by atoms with van der Waals surface area (Å²) >= 11 is 0. The predicted molar refractivity (Wildman–Crippen MR) is 155 cm³/mol. The molecule has 13 nitrogen and oxygen atoms in total. The number of nitrogens with one attached hydrogen (secondary N) is 2. The summed E-state index contributed by atoms with van der Waals surface area (Å²) in [5, 5.41) is 27.8. The van der Waals surface area contributed by atoms with Crippen LogP contribution in [0.2, 0.25) is 0 Å². The molecule has 3 aromatic rings. The third-order valence-electron chi connectivity index (χ3n) is 6.88. The van der Waals surface area contributed by atoms with Crippen molar-refractivity contribution in [3.05, 3.63) is 66.0 Å². The number of benzene rings is 2. The van der Waals surface area contributed by atoms with Crippen LogP contribution >= 0.6 is 0 Å². The van der Waals surface area contributed by atoms with Crippen molar-refractivity contribution < 1.29 is 36.6 Å². The summed E-state index contributed by atoms with van der Waals surface area (Å²) in [7, 11) is -7.29. The zero-order valence-electron chi connectivity index (χ0n) is 23.3. The molecule has 2 aromatic carbocycles. The Hall–Kier alpha value is -3.50. The van der Waals surface area contributed by atoms with Crippen molar-refractivity contribution in [2.24, 2.45) is 5.92 Å². The molecule has 42 heavy (non-hydrogen) atoms. The highest BCUT2D eigenvalue weighted by Crippen LogP contribution is 2.28. The zero-order valence-corrected chi connectivity index (χ0v) is 24.9. The number of rotatable bonds is 12. The number of hydrogen-bond donors (Lipinski definition) is 4.